The van der Waals surface area contributed by atoms with E-state index in [-0.39, 0.29) is 0 Å². The third-order valence-electron chi connectivity index (χ3n) is 5.67. The number of hydrogen-bond acceptors (Lipinski definition) is 2. The van der Waals surface area contributed by atoms with Gasteiger partial charge >= 0.3 is 0 Å². The third-order valence-corrected chi connectivity index (χ3v) is 5.67. The number of benzene rings is 1. The van der Waals surface area contributed by atoms with Crippen LogP contribution in [0.5, 0.6) is 0 Å². The van der Waals surface area contributed by atoms with Gasteiger partial charge in [0.25, 0.3) is 0 Å². The van der Waals surface area contributed by atoms with E-state index in [9.17, 15) is 0 Å². The third kappa shape index (κ3) is 2.09. The molecule has 0 saturated heterocycles. The fraction of sp³-hybridized carbons (Fsp3) is 0.450. The van der Waals surface area contributed by atoms with Gasteiger partial charge in [0, 0.05) is 25.0 Å². The average Bonchev–Trinajstić information content (AvgIpc) is 2.97. The van der Waals surface area contributed by atoms with E-state index in [0.717, 1.165) is 19.6 Å². The molecule has 0 saturated carbocycles. The van der Waals surface area contributed by atoms with Gasteiger partial charge in [-0.15, -0.1) is 0 Å². The van der Waals surface area contributed by atoms with Crippen LogP contribution >= 0.6 is 0 Å². The van der Waals surface area contributed by atoms with Crippen molar-refractivity contribution in [1.29, 1.82) is 0 Å². The number of para-hydroxylation sites is 1. The molecule has 0 N–H and O–H groups in total. The fourth-order valence-corrected chi connectivity index (χ4v) is 4.48. The van der Waals surface area contributed by atoms with Crippen LogP contribution in [0.25, 0.3) is 5.65 Å². The molecule has 0 amide bonds. The Morgan fingerprint density at radius 3 is 2.92 bits per heavy atom. The highest BCUT2D eigenvalue weighted by atomic mass is 15.4. The van der Waals surface area contributed by atoms with Crippen molar-refractivity contribution in [2.24, 2.45) is 0 Å². The largest absolute Gasteiger partial charge is 0.364 e. The number of hydrogen-bond donors (Lipinski definition) is 0. The lowest BCUT2D eigenvalue weighted by atomic mass is 10.0. The summed E-state index contributed by atoms with van der Waals surface area (Å²) in [6.07, 6.45) is 8.38. The van der Waals surface area contributed by atoms with Crippen LogP contribution in [0.4, 0.5) is 5.69 Å². The van der Waals surface area contributed by atoms with Crippen LogP contribution < -0.4 is 4.90 Å². The molecule has 2 aliphatic heterocycles. The Morgan fingerprint density at radius 2 is 1.96 bits per heavy atom. The summed E-state index contributed by atoms with van der Waals surface area (Å²) < 4.78 is 4.60. The topological polar surface area (TPSA) is 25.5 Å². The number of fused-ring (bicyclic) bond motifs is 1. The molecule has 2 aliphatic rings. The molecule has 3 aromatic rings. The van der Waals surface area contributed by atoms with Gasteiger partial charge in [0.15, 0.2) is 5.82 Å². The van der Waals surface area contributed by atoms with Gasteiger partial charge in [0.2, 0.25) is 0 Å². The molecule has 0 radical (unpaired) electrons. The van der Waals surface area contributed by atoms with Crippen molar-refractivity contribution in [3.05, 3.63) is 53.0 Å². The van der Waals surface area contributed by atoms with E-state index < -0.39 is 0 Å². The van der Waals surface area contributed by atoms with E-state index in [1.165, 1.54) is 66.0 Å². The van der Waals surface area contributed by atoms with Crippen molar-refractivity contribution >= 4 is 11.3 Å². The molecule has 4 heteroatoms. The van der Waals surface area contributed by atoms with Gasteiger partial charge in [-0.05, 0) is 61.8 Å². The first-order valence-electron chi connectivity index (χ1n) is 9.20. The molecule has 0 spiro atoms. The quantitative estimate of drug-likeness (QED) is 0.719. The molecule has 4 heterocycles. The fourth-order valence-electron chi connectivity index (χ4n) is 4.48. The second-order valence-electron chi connectivity index (χ2n) is 7.24. The SMILES string of the molecule is Cc1cn2nc(CN3CCCc4ccccc43)n3c2c1CCCC3. The Kier molecular flexibility index (Phi) is 3.18. The lowest BCUT2D eigenvalue weighted by molar-refractivity contribution is 0.594. The molecular formula is C20H24N4. The first-order valence-corrected chi connectivity index (χ1v) is 9.20. The van der Waals surface area contributed by atoms with Gasteiger partial charge in [-0.25, -0.2) is 4.52 Å². The van der Waals surface area contributed by atoms with Crippen molar-refractivity contribution in [3.63, 3.8) is 0 Å². The van der Waals surface area contributed by atoms with Gasteiger partial charge in [0.1, 0.15) is 5.65 Å². The predicted molar refractivity (Wildman–Crippen MR) is 96.7 cm³/mol. The van der Waals surface area contributed by atoms with Gasteiger partial charge in [-0.1, -0.05) is 18.2 Å². The molecule has 124 valence electrons. The summed E-state index contributed by atoms with van der Waals surface area (Å²) in [5, 5.41) is 4.95. The van der Waals surface area contributed by atoms with Crippen LogP contribution in [0.15, 0.2) is 30.5 Å². The average molecular weight is 320 g/mol. The first-order chi connectivity index (χ1) is 11.8. The van der Waals surface area contributed by atoms with Crippen molar-refractivity contribution in [2.45, 2.75) is 52.1 Å². The van der Waals surface area contributed by atoms with E-state index in [2.05, 4.69) is 51.4 Å². The minimum atomic E-state index is 0.914. The van der Waals surface area contributed by atoms with Gasteiger partial charge in [-0.2, -0.15) is 5.10 Å². The lowest BCUT2D eigenvalue weighted by Gasteiger charge is -2.31. The molecule has 0 atom stereocenters. The second-order valence-corrected chi connectivity index (χ2v) is 7.24. The summed E-state index contributed by atoms with van der Waals surface area (Å²) in [5.41, 5.74) is 7.11. The highest BCUT2D eigenvalue weighted by molar-refractivity contribution is 5.57. The predicted octanol–water partition coefficient (Wildman–Crippen LogP) is 3.73. The zero-order chi connectivity index (χ0) is 16.1. The second kappa shape index (κ2) is 5.40. The standard InChI is InChI=1S/C20H24N4/c1-15-13-24-20-17(15)9-4-5-12-23(20)19(21-24)14-22-11-6-8-16-7-2-3-10-18(16)22/h2-3,7,10,13H,4-6,8-9,11-12,14H2,1H3. The van der Waals surface area contributed by atoms with Gasteiger partial charge in [0.05, 0.1) is 6.54 Å². The summed E-state index contributed by atoms with van der Waals surface area (Å²) >= 11 is 0. The molecular weight excluding hydrogens is 296 g/mol. The Bertz CT molecular complexity index is 902. The molecule has 5 rings (SSSR count). The Hall–Kier alpha value is -2.23. The van der Waals surface area contributed by atoms with Crippen molar-refractivity contribution < 1.29 is 0 Å². The summed E-state index contributed by atoms with van der Waals surface area (Å²) in [6.45, 7) is 5.37. The Labute approximate surface area is 142 Å². The Morgan fingerprint density at radius 1 is 1.04 bits per heavy atom. The van der Waals surface area contributed by atoms with Crippen LogP contribution in [0.1, 0.15) is 41.8 Å². The number of nitrogens with zero attached hydrogens (tertiary/aromatic N) is 4. The van der Waals surface area contributed by atoms with Crippen LogP contribution in [0.3, 0.4) is 0 Å². The molecule has 4 nitrogen and oxygen atoms in total. The van der Waals surface area contributed by atoms with E-state index in [4.69, 9.17) is 5.10 Å². The molecule has 1 aromatic carbocycles. The van der Waals surface area contributed by atoms with E-state index in [0.29, 0.717) is 0 Å². The minimum Gasteiger partial charge on any atom is -0.364 e. The molecule has 24 heavy (non-hydrogen) atoms. The van der Waals surface area contributed by atoms with E-state index in [1.54, 1.807) is 0 Å². The molecule has 0 aliphatic carbocycles. The van der Waals surface area contributed by atoms with E-state index >= 15 is 0 Å². The van der Waals surface area contributed by atoms with Crippen molar-refractivity contribution in [1.82, 2.24) is 14.2 Å². The monoisotopic (exact) mass is 320 g/mol. The molecule has 0 bridgehead atoms. The molecule has 2 aromatic heterocycles. The van der Waals surface area contributed by atoms with Gasteiger partial charge in [-0.3, -0.25) is 0 Å². The number of anilines is 1. The maximum absolute atomic E-state index is 4.95. The van der Waals surface area contributed by atoms with Crippen molar-refractivity contribution in [3.8, 4) is 0 Å². The maximum atomic E-state index is 4.95. The first kappa shape index (κ1) is 14.1. The summed E-state index contributed by atoms with van der Waals surface area (Å²) in [5.74, 6) is 1.21. The highest BCUT2D eigenvalue weighted by Crippen LogP contribution is 2.30. The zero-order valence-corrected chi connectivity index (χ0v) is 14.3. The summed E-state index contributed by atoms with van der Waals surface area (Å²) in [6, 6.07) is 8.85. The minimum absolute atomic E-state index is 0.914. The summed E-state index contributed by atoms with van der Waals surface area (Å²) in [7, 11) is 0. The maximum Gasteiger partial charge on any atom is 0.151 e. The van der Waals surface area contributed by atoms with Crippen LogP contribution in [0.2, 0.25) is 0 Å². The Balaban J connectivity index is 1.56. The number of aromatic nitrogens is 3. The molecule has 0 fully saturated rings. The van der Waals surface area contributed by atoms with Crippen LogP contribution in [-0.2, 0) is 25.9 Å². The number of rotatable bonds is 2. The van der Waals surface area contributed by atoms with Crippen LogP contribution in [-0.4, -0.2) is 20.7 Å². The lowest BCUT2D eigenvalue weighted by Crippen LogP contribution is -2.30. The highest BCUT2D eigenvalue weighted by Gasteiger charge is 2.23. The zero-order valence-electron chi connectivity index (χ0n) is 14.3. The smallest absolute Gasteiger partial charge is 0.151 e. The summed E-state index contributed by atoms with van der Waals surface area (Å²) in [4.78, 5) is 2.52. The normalized spacial score (nSPS) is 17.1. The number of aryl methyl sites for hydroxylation is 4. The van der Waals surface area contributed by atoms with E-state index in [1.807, 2.05) is 0 Å². The van der Waals surface area contributed by atoms with Crippen molar-refractivity contribution in [2.75, 3.05) is 11.4 Å². The van der Waals surface area contributed by atoms with Gasteiger partial charge < -0.3 is 9.47 Å². The van der Waals surface area contributed by atoms with Crippen LogP contribution in [0, 0.1) is 6.92 Å². The molecule has 0 unspecified atom stereocenters.